The van der Waals surface area contributed by atoms with E-state index in [0.29, 0.717) is 17.3 Å². The van der Waals surface area contributed by atoms with Crippen LogP contribution in [0, 0.1) is 5.92 Å². The molecule has 1 aliphatic carbocycles. The van der Waals surface area contributed by atoms with Gasteiger partial charge in [-0.2, -0.15) is 0 Å². The molecule has 1 aliphatic rings. The van der Waals surface area contributed by atoms with Crippen molar-refractivity contribution in [3.05, 3.63) is 24.3 Å². The number of anilines is 2. The van der Waals surface area contributed by atoms with Crippen molar-refractivity contribution in [3.8, 4) is 0 Å². The molecule has 4 nitrogen and oxygen atoms in total. The highest BCUT2D eigenvalue weighted by Crippen LogP contribution is 2.27. The first-order chi connectivity index (χ1) is 9.56. The minimum absolute atomic E-state index is 0.0612. The SMILES string of the molecule is CC1CCCC(S(=O)CC(=O)Nc2ccccc2N)C1. The zero-order chi connectivity index (χ0) is 14.5. The maximum absolute atomic E-state index is 12.2. The highest BCUT2D eigenvalue weighted by atomic mass is 32.2. The van der Waals surface area contributed by atoms with Crippen LogP contribution in [-0.4, -0.2) is 21.1 Å². The van der Waals surface area contributed by atoms with Gasteiger partial charge in [0.05, 0.1) is 11.4 Å². The molecule has 110 valence electrons. The second kappa shape index (κ2) is 6.88. The Balaban J connectivity index is 1.88. The molecule has 0 spiro atoms. The summed E-state index contributed by atoms with van der Waals surface area (Å²) in [6.45, 7) is 2.19. The van der Waals surface area contributed by atoms with Crippen molar-refractivity contribution < 1.29 is 9.00 Å². The highest BCUT2D eigenvalue weighted by molar-refractivity contribution is 7.86. The van der Waals surface area contributed by atoms with Crippen LogP contribution in [0.4, 0.5) is 11.4 Å². The first kappa shape index (κ1) is 15.0. The van der Waals surface area contributed by atoms with Gasteiger partial charge >= 0.3 is 0 Å². The third kappa shape index (κ3) is 4.07. The van der Waals surface area contributed by atoms with E-state index in [9.17, 15) is 9.00 Å². The van der Waals surface area contributed by atoms with Crippen molar-refractivity contribution >= 4 is 28.1 Å². The molecule has 0 heterocycles. The van der Waals surface area contributed by atoms with Gasteiger partial charge in [0.25, 0.3) is 0 Å². The lowest BCUT2D eigenvalue weighted by Crippen LogP contribution is -2.29. The maximum Gasteiger partial charge on any atom is 0.237 e. The molecular formula is C15H22N2O2S. The molecule has 3 atom stereocenters. The summed E-state index contributed by atoms with van der Waals surface area (Å²) in [5.41, 5.74) is 6.89. The second-order valence-electron chi connectivity index (χ2n) is 5.55. The lowest BCUT2D eigenvalue weighted by atomic mass is 9.91. The van der Waals surface area contributed by atoms with Crippen molar-refractivity contribution in [2.24, 2.45) is 5.92 Å². The highest BCUT2D eigenvalue weighted by Gasteiger charge is 2.25. The smallest absolute Gasteiger partial charge is 0.237 e. The summed E-state index contributed by atoms with van der Waals surface area (Å²) in [5.74, 6) is 0.455. The Labute approximate surface area is 122 Å². The Morgan fingerprint density at radius 2 is 2.15 bits per heavy atom. The van der Waals surface area contributed by atoms with Gasteiger partial charge in [-0.25, -0.2) is 0 Å². The van der Waals surface area contributed by atoms with E-state index in [1.807, 2.05) is 12.1 Å². The summed E-state index contributed by atoms with van der Waals surface area (Å²) in [6.07, 6.45) is 4.26. The first-order valence-corrected chi connectivity index (χ1v) is 8.46. The standard InChI is InChI=1S/C15H22N2O2S/c1-11-5-4-6-12(9-11)20(19)10-15(18)17-14-8-3-2-7-13(14)16/h2-3,7-8,11-12H,4-6,9-10,16H2,1H3,(H,17,18). The Kier molecular flexibility index (Phi) is 5.17. The Hall–Kier alpha value is -1.36. The van der Waals surface area contributed by atoms with Crippen molar-refractivity contribution in [3.63, 3.8) is 0 Å². The average Bonchev–Trinajstić information content (AvgIpc) is 2.41. The lowest BCUT2D eigenvalue weighted by molar-refractivity contribution is -0.113. The molecule has 1 saturated carbocycles. The third-order valence-electron chi connectivity index (χ3n) is 3.77. The Bertz CT molecular complexity index is 504. The number of benzene rings is 1. The van der Waals surface area contributed by atoms with Gasteiger partial charge in [-0.15, -0.1) is 0 Å². The number of carbonyl (C=O) groups excluding carboxylic acids is 1. The third-order valence-corrected chi connectivity index (χ3v) is 5.49. The van der Waals surface area contributed by atoms with Crippen LogP contribution in [0.2, 0.25) is 0 Å². The summed E-state index contributed by atoms with van der Waals surface area (Å²) in [7, 11) is -1.09. The van der Waals surface area contributed by atoms with E-state index in [2.05, 4.69) is 12.2 Å². The molecule has 3 unspecified atom stereocenters. The van der Waals surface area contributed by atoms with Gasteiger partial charge in [-0.05, 0) is 30.9 Å². The summed E-state index contributed by atoms with van der Waals surface area (Å²) in [4.78, 5) is 11.9. The number of rotatable bonds is 4. The van der Waals surface area contributed by atoms with Crippen LogP contribution in [0.3, 0.4) is 0 Å². The minimum Gasteiger partial charge on any atom is -0.397 e. The van der Waals surface area contributed by atoms with Gasteiger partial charge in [0, 0.05) is 16.0 Å². The molecular weight excluding hydrogens is 272 g/mol. The largest absolute Gasteiger partial charge is 0.397 e. The van der Waals surface area contributed by atoms with Gasteiger partial charge in [0.1, 0.15) is 5.75 Å². The summed E-state index contributed by atoms with van der Waals surface area (Å²) >= 11 is 0. The van der Waals surface area contributed by atoms with Crippen molar-refractivity contribution in [2.45, 2.75) is 37.9 Å². The summed E-state index contributed by atoms with van der Waals surface area (Å²) in [5, 5.41) is 2.90. The molecule has 1 amide bonds. The normalized spacial score (nSPS) is 24.1. The lowest BCUT2D eigenvalue weighted by Gasteiger charge is -2.25. The fourth-order valence-electron chi connectivity index (χ4n) is 2.66. The van der Waals surface area contributed by atoms with Crippen molar-refractivity contribution in [1.29, 1.82) is 0 Å². The molecule has 2 rings (SSSR count). The number of hydrogen-bond donors (Lipinski definition) is 2. The number of nitrogens with one attached hydrogen (secondary N) is 1. The van der Waals surface area contributed by atoms with Gasteiger partial charge in [0.2, 0.25) is 5.91 Å². The van der Waals surface area contributed by atoms with Crippen LogP contribution < -0.4 is 11.1 Å². The van der Waals surface area contributed by atoms with Crippen LogP contribution >= 0.6 is 0 Å². The predicted molar refractivity (Wildman–Crippen MR) is 83.9 cm³/mol. The molecule has 0 saturated heterocycles. The maximum atomic E-state index is 12.2. The van der Waals surface area contributed by atoms with Gasteiger partial charge < -0.3 is 11.1 Å². The van der Waals surface area contributed by atoms with Crippen LogP contribution in [0.1, 0.15) is 32.6 Å². The van der Waals surface area contributed by atoms with Crippen LogP contribution in [-0.2, 0) is 15.6 Å². The number of para-hydroxylation sites is 2. The minimum atomic E-state index is -1.09. The van der Waals surface area contributed by atoms with E-state index in [4.69, 9.17) is 5.73 Å². The second-order valence-corrected chi connectivity index (χ2v) is 7.27. The molecule has 20 heavy (non-hydrogen) atoms. The van der Waals surface area contributed by atoms with E-state index in [1.165, 1.54) is 6.42 Å². The molecule has 5 heteroatoms. The van der Waals surface area contributed by atoms with E-state index >= 15 is 0 Å². The molecule has 0 aliphatic heterocycles. The zero-order valence-corrected chi connectivity index (χ0v) is 12.6. The fraction of sp³-hybridized carbons (Fsp3) is 0.533. The quantitative estimate of drug-likeness (QED) is 0.838. The molecule has 1 fully saturated rings. The van der Waals surface area contributed by atoms with Crippen LogP contribution in [0.25, 0.3) is 0 Å². The molecule has 0 bridgehead atoms. The van der Waals surface area contributed by atoms with Crippen molar-refractivity contribution in [1.82, 2.24) is 0 Å². The molecule has 0 aromatic heterocycles. The number of nitrogens with two attached hydrogens (primary N) is 1. The molecule has 0 radical (unpaired) electrons. The molecule has 1 aromatic carbocycles. The topological polar surface area (TPSA) is 72.2 Å². The van der Waals surface area contributed by atoms with E-state index in [0.717, 1.165) is 19.3 Å². The molecule has 3 N–H and O–H groups in total. The zero-order valence-electron chi connectivity index (χ0n) is 11.8. The fourth-order valence-corrected chi connectivity index (χ4v) is 4.20. The van der Waals surface area contributed by atoms with E-state index in [1.54, 1.807) is 12.1 Å². The monoisotopic (exact) mass is 294 g/mol. The Morgan fingerprint density at radius 3 is 2.85 bits per heavy atom. The number of carbonyl (C=O) groups is 1. The van der Waals surface area contributed by atoms with Crippen molar-refractivity contribution in [2.75, 3.05) is 16.8 Å². The van der Waals surface area contributed by atoms with E-state index < -0.39 is 10.8 Å². The van der Waals surface area contributed by atoms with Crippen LogP contribution in [0.15, 0.2) is 24.3 Å². The van der Waals surface area contributed by atoms with Crippen LogP contribution in [0.5, 0.6) is 0 Å². The number of amides is 1. The summed E-state index contributed by atoms with van der Waals surface area (Å²) < 4.78 is 12.2. The van der Waals surface area contributed by atoms with Gasteiger partial charge in [0.15, 0.2) is 0 Å². The summed E-state index contributed by atoms with van der Waals surface area (Å²) in [6, 6.07) is 7.10. The average molecular weight is 294 g/mol. The first-order valence-electron chi connectivity index (χ1n) is 7.08. The predicted octanol–water partition coefficient (Wildman–Crippen LogP) is 2.53. The van der Waals surface area contributed by atoms with Gasteiger partial charge in [-0.1, -0.05) is 31.9 Å². The molecule has 1 aromatic rings. The van der Waals surface area contributed by atoms with E-state index in [-0.39, 0.29) is 16.9 Å². The number of nitrogen functional groups attached to an aromatic ring is 1. The van der Waals surface area contributed by atoms with Gasteiger partial charge in [-0.3, -0.25) is 9.00 Å². The number of hydrogen-bond acceptors (Lipinski definition) is 3. The Morgan fingerprint density at radius 1 is 1.40 bits per heavy atom.